The van der Waals surface area contributed by atoms with Crippen molar-refractivity contribution >= 4 is 5.97 Å². The van der Waals surface area contributed by atoms with Crippen LogP contribution in [0.1, 0.15) is 90.4 Å². The van der Waals surface area contributed by atoms with Crippen molar-refractivity contribution in [3.63, 3.8) is 0 Å². The summed E-state index contributed by atoms with van der Waals surface area (Å²) in [5, 5.41) is 19.6. The normalized spacial score (nSPS) is 12.8. The van der Waals surface area contributed by atoms with Gasteiger partial charge < -0.3 is 5.11 Å². The average molecular weight is 354 g/mol. The topological polar surface area (TPSA) is 80.4 Å². The second kappa shape index (κ2) is 17.2. The van der Waals surface area contributed by atoms with Gasteiger partial charge in [-0.15, -0.1) is 0 Å². The van der Waals surface area contributed by atoms with Gasteiger partial charge in [0.2, 0.25) is 6.04 Å². The van der Waals surface area contributed by atoms with Crippen molar-refractivity contribution in [3.05, 3.63) is 34.4 Å². The summed E-state index contributed by atoms with van der Waals surface area (Å²) >= 11 is 0. The minimum atomic E-state index is -0.754. The third-order valence-corrected chi connectivity index (χ3v) is 4.21. The van der Waals surface area contributed by atoms with Crippen LogP contribution in [0.5, 0.6) is 0 Å². The number of hydrogen-bond donors (Lipinski definition) is 1. The van der Waals surface area contributed by atoms with Gasteiger partial charge in [0, 0.05) is 24.2 Å². The van der Waals surface area contributed by atoms with Crippen LogP contribution in [0.2, 0.25) is 0 Å². The maximum Gasteiger partial charge on any atom is 0.303 e. The molecule has 25 heavy (non-hydrogen) atoms. The third-order valence-electron chi connectivity index (χ3n) is 4.21. The largest absolute Gasteiger partial charge is 0.481 e. The molecule has 0 saturated carbocycles. The maximum absolute atomic E-state index is 11.1. The van der Waals surface area contributed by atoms with Gasteiger partial charge >= 0.3 is 5.97 Å². The fraction of sp³-hybridized carbons (Fsp3) is 0.750. The van der Waals surface area contributed by atoms with Gasteiger partial charge in [-0.3, -0.25) is 14.9 Å². The maximum atomic E-state index is 11.1. The van der Waals surface area contributed by atoms with E-state index in [0.717, 1.165) is 38.5 Å². The molecule has 0 saturated heterocycles. The number of carboxylic acids is 1. The second-order valence-electron chi connectivity index (χ2n) is 6.55. The molecule has 1 atom stereocenters. The van der Waals surface area contributed by atoms with Crippen LogP contribution >= 0.6 is 0 Å². The molecule has 0 bridgehead atoms. The van der Waals surface area contributed by atoms with Gasteiger partial charge in [0.25, 0.3) is 0 Å². The van der Waals surface area contributed by atoms with Crippen LogP contribution in [-0.2, 0) is 4.79 Å². The van der Waals surface area contributed by atoms with Crippen molar-refractivity contribution in [2.45, 2.75) is 96.4 Å². The highest BCUT2D eigenvalue weighted by Gasteiger charge is 2.17. The first-order valence-electron chi connectivity index (χ1n) is 9.73. The van der Waals surface area contributed by atoms with E-state index in [-0.39, 0.29) is 11.3 Å². The number of rotatable bonds is 17. The Hall–Kier alpha value is -1.65. The number of nitro groups is 1. The molecule has 1 unspecified atom stereocenters. The molecule has 0 aliphatic carbocycles. The molecular formula is C20H35NO4. The van der Waals surface area contributed by atoms with Gasteiger partial charge in [0.05, 0.1) is 0 Å². The molecule has 0 aromatic carbocycles. The number of nitrogens with zero attached hydrogens (tertiary/aromatic N) is 1. The first-order valence-corrected chi connectivity index (χ1v) is 9.73. The SMILES string of the molecule is CCCCC/C=C/C/C=C/CC(CCCCCCCC(=O)O)[N+](=O)[O-]. The summed E-state index contributed by atoms with van der Waals surface area (Å²) in [7, 11) is 0. The van der Waals surface area contributed by atoms with Gasteiger partial charge in [-0.25, -0.2) is 0 Å². The van der Waals surface area contributed by atoms with E-state index in [4.69, 9.17) is 5.11 Å². The molecule has 0 aliphatic heterocycles. The lowest BCUT2D eigenvalue weighted by Crippen LogP contribution is -2.18. The Morgan fingerprint density at radius 1 is 1.00 bits per heavy atom. The van der Waals surface area contributed by atoms with Crippen LogP contribution in [0.3, 0.4) is 0 Å². The predicted octanol–water partition coefficient (Wildman–Crippen LogP) is 5.92. The fourth-order valence-corrected chi connectivity index (χ4v) is 2.65. The van der Waals surface area contributed by atoms with Crippen LogP contribution in [0, 0.1) is 10.1 Å². The molecule has 0 amide bonds. The lowest BCUT2D eigenvalue weighted by atomic mass is 10.0. The fourth-order valence-electron chi connectivity index (χ4n) is 2.65. The minimum absolute atomic E-state index is 0.171. The monoisotopic (exact) mass is 353 g/mol. The minimum Gasteiger partial charge on any atom is -0.481 e. The molecule has 0 aliphatic rings. The van der Waals surface area contributed by atoms with Crippen molar-refractivity contribution in [1.82, 2.24) is 0 Å². The first kappa shape index (κ1) is 23.4. The van der Waals surface area contributed by atoms with E-state index in [2.05, 4.69) is 19.1 Å². The Kier molecular flexibility index (Phi) is 16.0. The molecule has 144 valence electrons. The molecule has 5 heteroatoms. The Morgan fingerprint density at radius 2 is 1.68 bits per heavy atom. The van der Waals surface area contributed by atoms with E-state index in [0.29, 0.717) is 19.3 Å². The summed E-state index contributed by atoms with van der Waals surface area (Å²) < 4.78 is 0. The number of allylic oxidation sites excluding steroid dienone is 3. The number of carboxylic acid groups (broad SMARTS) is 1. The van der Waals surface area contributed by atoms with E-state index in [1.807, 2.05) is 12.2 Å². The number of carbonyl (C=O) groups is 1. The van der Waals surface area contributed by atoms with Gasteiger partial charge in [-0.1, -0.05) is 63.3 Å². The average Bonchev–Trinajstić information content (AvgIpc) is 2.57. The van der Waals surface area contributed by atoms with Crippen LogP contribution in [0.4, 0.5) is 0 Å². The lowest BCUT2D eigenvalue weighted by molar-refractivity contribution is -0.522. The molecule has 0 fully saturated rings. The van der Waals surface area contributed by atoms with Gasteiger partial charge in [-0.05, 0) is 32.1 Å². The number of aliphatic carboxylic acids is 1. The molecule has 1 N–H and O–H groups in total. The molecule has 0 rings (SSSR count). The van der Waals surface area contributed by atoms with E-state index in [1.165, 1.54) is 19.3 Å². The summed E-state index contributed by atoms with van der Waals surface area (Å²) in [6.45, 7) is 2.19. The van der Waals surface area contributed by atoms with E-state index >= 15 is 0 Å². The molecule has 0 aromatic rings. The van der Waals surface area contributed by atoms with Crippen molar-refractivity contribution in [2.75, 3.05) is 0 Å². The molecule has 0 radical (unpaired) electrons. The zero-order chi connectivity index (χ0) is 18.8. The Bertz CT molecular complexity index is 405. The summed E-state index contributed by atoms with van der Waals surface area (Å²) in [6.07, 6.45) is 19.6. The van der Waals surface area contributed by atoms with E-state index in [9.17, 15) is 14.9 Å². The molecular weight excluding hydrogens is 318 g/mol. The van der Waals surface area contributed by atoms with Crippen LogP contribution < -0.4 is 0 Å². The van der Waals surface area contributed by atoms with Gasteiger partial charge in [0.15, 0.2) is 0 Å². The molecule has 0 aromatic heterocycles. The summed E-state index contributed by atoms with van der Waals surface area (Å²) in [4.78, 5) is 21.3. The summed E-state index contributed by atoms with van der Waals surface area (Å²) in [6, 6.07) is -0.496. The zero-order valence-electron chi connectivity index (χ0n) is 15.7. The Labute approximate surface area is 152 Å². The smallest absolute Gasteiger partial charge is 0.303 e. The van der Waals surface area contributed by atoms with Crippen LogP contribution in [0.15, 0.2) is 24.3 Å². The van der Waals surface area contributed by atoms with Crippen molar-refractivity contribution in [2.24, 2.45) is 0 Å². The molecule has 5 nitrogen and oxygen atoms in total. The van der Waals surface area contributed by atoms with Crippen LogP contribution in [-0.4, -0.2) is 22.0 Å². The highest BCUT2D eigenvalue weighted by molar-refractivity contribution is 5.66. The quantitative estimate of drug-likeness (QED) is 0.152. The standard InChI is InChI=1S/C20H35NO4/c1-2-3-4-5-6-7-8-10-13-16-19(21(24)25)17-14-11-9-12-15-18-20(22)23/h6-7,10,13,19H,2-5,8-9,11-12,14-18H2,1H3,(H,22,23)/b7-6+,13-10+. The lowest BCUT2D eigenvalue weighted by Gasteiger charge is -2.07. The van der Waals surface area contributed by atoms with Crippen molar-refractivity contribution in [1.29, 1.82) is 0 Å². The highest BCUT2D eigenvalue weighted by atomic mass is 16.6. The molecule has 0 spiro atoms. The first-order chi connectivity index (χ1) is 12.1. The summed E-state index contributed by atoms with van der Waals surface area (Å²) in [5.41, 5.74) is 0. The third kappa shape index (κ3) is 17.0. The van der Waals surface area contributed by atoms with Crippen molar-refractivity contribution < 1.29 is 14.8 Å². The summed E-state index contributed by atoms with van der Waals surface area (Å²) in [5.74, 6) is -0.754. The van der Waals surface area contributed by atoms with Gasteiger partial charge in [0.1, 0.15) is 0 Å². The van der Waals surface area contributed by atoms with E-state index in [1.54, 1.807) is 0 Å². The number of unbranched alkanes of at least 4 members (excludes halogenated alkanes) is 7. The van der Waals surface area contributed by atoms with Crippen LogP contribution in [0.25, 0.3) is 0 Å². The van der Waals surface area contributed by atoms with E-state index < -0.39 is 12.0 Å². The Balaban J connectivity index is 3.75. The second-order valence-corrected chi connectivity index (χ2v) is 6.55. The zero-order valence-corrected chi connectivity index (χ0v) is 15.7. The molecule has 0 heterocycles. The number of hydrogen-bond acceptors (Lipinski definition) is 3. The highest BCUT2D eigenvalue weighted by Crippen LogP contribution is 2.13. The predicted molar refractivity (Wildman–Crippen MR) is 102 cm³/mol. The van der Waals surface area contributed by atoms with Gasteiger partial charge in [-0.2, -0.15) is 0 Å². The Morgan fingerprint density at radius 3 is 2.36 bits per heavy atom. The van der Waals surface area contributed by atoms with Crippen molar-refractivity contribution in [3.8, 4) is 0 Å².